The molecule has 76 valence electrons. The number of hydrogen-bond acceptors (Lipinski definition) is 2. The maximum Gasteiger partial charge on any atom is 0.260 e. The van der Waals surface area contributed by atoms with E-state index in [0.717, 1.165) is 0 Å². The lowest BCUT2D eigenvalue weighted by atomic mass is 9.97. The topological polar surface area (TPSA) is 38.9 Å². The van der Waals surface area contributed by atoms with Crippen molar-refractivity contribution in [1.82, 2.24) is 4.98 Å². The molecule has 0 aromatic carbocycles. The van der Waals surface area contributed by atoms with Crippen LogP contribution in [0.15, 0.2) is 18.3 Å². The Morgan fingerprint density at radius 1 is 1.57 bits per heavy atom. The highest BCUT2D eigenvalue weighted by atomic mass is 35.5. The van der Waals surface area contributed by atoms with Crippen molar-refractivity contribution in [3.8, 4) is 0 Å². The van der Waals surface area contributed by atoms with Crippen LogP contribution >= 0.6 is 11.6 Å². The molecule has 1 atom stereocenters. The third kappa shape index (κ3) is 1.21. The summed E-state index contributed by atoms with van der Waals surface area (Å²) in [7, 11) is 0. The summed E-state index contributed by atoms with van der Waals surface area (Å²) in [5, 5.41) is 0.220. The van der Waals surface area contributed by atoms with E-state index in [9.17, 15) is 8.78 Å². The van der Waals surface area contributed by atoms with Crippen molar-refractivity contribution in [3.05, 3.63) is 29.0 Å². The molecule has 1 aromatic rings. The molecule has 1 aliphatic rings. The summed E-state index contributed by atoms with van der Waals surface area (Å²) in [4.78, 5) is 3.74. The second-order valence-corrected chi connectivity index (χ2v) is 3.92. The molecule has 1 heterocycles. The third-order valence-corrected chi connectivity index (χ3v) is 2.93. The van der Waals surface area contributed by atoms with Crippen LogP contribution in [0.5, 0.6) is 0 Å². The van der Waals surface area contributed by atoms with Crippen LogP contribution in [0.2, 0.25) is 5.15 Å². The smallest absolute Gasteiger partial charge is 0.260 e. The van der Waals surface area contributed by atoms with E-state index in [0.29, 0.717) is 5.56 Å². The fourth-order valence-electron chi connectivity index (χ4n) is 1.69. The zero-order valence-corrected chi connectivity index (χ0v) is 8.06. The Labute approximate surface area is 85.1 Å². The molecule has 0 bridgehead atoms. The Balaban J connectivity index is 2.40. The van der Waals surface area contributed by atoms with Gasteiger partial charge in [0.2, 0.25) is 0 Å². The maximum atomic E-state index is 13.1. The maximum absolute atomic E-state index is 13.1. The molecule has 1 unspecified atom stereocenters. The Morgan fingerprint density at radius 2 is 2.21 bits per heavy atom. The van der Waals surface area contributed by atoms with Crippen LogP contribution < -0.4 is 5.73 Å². The summed E-state index contributed by atoms with van der Waals surface area (Å²) < 4.78 is 26.3. The van der Waals surface area contributed by atoms with Crippen molar-refractivity contribution in [2.45, 2.75) is 17.8 Å². The van der Waals surface area contributed by atoms with Crippen molar-refractivity contribution in [2.24, 2.45) is 5.73 Å². The van der Waals surface area contributed by atoms with Crippen LogP contribution in [0.1, 0.15) is 12.0 Å². The molecule has 0 spiro atoms. The molecular weight excluding hydrogens is 210 g/mol. The van der Waals surface area contributed by atoms with Gasteiger partial charge in [-0.3, -0.25) is 0 Å². The number of aromatic nitrogens is 1. The minimum absolute atomic E-state index is 0.0691. The highest BCUT2D eigenvalue weighted by Gasteiger charge is 2.71. The molecule has 0 radical (unpaired) electrons. The van der Waals surface area contributed by atoms with Crippen LogP contribution in [0.3, 0.4) is 0 Å². The number of pyridine rings is 1. The van der Waals surface area contributed by atoms with E-state index < -0.39 is 11.3 Å². The average molecular weight is 219 g/mol. The predicted molar refractivity (Wildman–Crippen MR) is 49.5 cm³/mol. The van der Waals surface area contributed by atoms with E-state index in [2.05, 4.69) is 4.98 Å². The van der Waals surface area contributed by atoms with Crippen molar-refractivity contribution in [2.75, 3.05) is 6.54 Å². The Bertz CT molecular complexity index is 370. The normalized spacial score (nSPS) is 28.9. The largest absolute Gasteiger partial charge is 0.329 e. The first kappa shape index (κ1) is 9.80. The molecule has 0 aliphatic heterocycles. The van der Waals surface area contributed by atoms with Crippen LogP contribution in [0.4, 0.5) is 8.78 Å². The standard InChI is InChI=1S/C9H9ClF2N2/c10-7-3-6(1-2-14-7)8(5-13)4-9(8,11)12/h1-3H,4-5,13H2. The van der Waals surface area contributed by atoms with Gasteiger partial charge in [0.1, 0.15) is 5.15 Å². The summed E-state index contributed by atoms with van der Waals surface area (Å²) in [5.41, 5.74) is 4.65. The minimum Gasteiger partial charge on any atom is -0.329 e. The molecule has 14 heavy (non-hydrogen) atoms. The van der Waals surface area contributed by atoms with Gasteiger partial charge in [-0.1, -0.05) is 11.6 Å². The number of alkyl halides is 2. The van der Waals surface area contributed by atoms with Crippen LogP contribution in [-0.2, 0) is 5.41 Å². The molecular formula is C9H9ClF2N2. The van der Waals surface area contributed by atoms with Crippen molar-refractivity contribution < 1.29 is 8.78 Å². The molecule has 1 aromatic heterocycles. The first-order chi connectivity index (χ1) is 6.52. The monoisotopic (exact) mass is 218 g/mol. The number of halogens is 3. The summed E-state index contributed by atoms with van der Waals surface area (Å²) in [6, 6.07) is 3.00. The molecule has 0 amide bonds. The third-order valence-electron chi connectivity index (χ3n) is 2.73. The molecule has 1 aliphatic carbocycles. The van der Waals surface area contributed by atoms with Gasteiger partial charge in [0, 0.05) is 19.2 Å². The van der Waals surface area contributed by atoms with Crippen molar-refractivity contribution in [3.63, 3.8) is 0 Å². The van der Waals surface area contributed by atoms with Gasteiger partial charge in [0.15, 0.2) is 0 Å². The highest BCUT2D eigenvalue weighted by Crippen LogP contribution is 2.60. The van der Waals surface area contributed by atoms with Crippen LogP contribution in [0, 0.1) is 0 Å². The summed E-state index contributed by atoms with van der Waals surface area (Å²) in [5.74, 6) is -2.70. The summed E-state index contributed by atoms with van der Waals surface area (Å²) >= 11 is 5.63. The van der Waals surface area contributed by atoms with Gasteiger partial charge >= 0.3 is 0 Å². The van der Waals surface area contributed by atoms with E-state index >= 15 is 0 Å². The van der Waals surface area contributed by atoms with Crippen molar-refractivity contribution >= 4 is 11.6 Å². The average Bonchev–Trinajstić information content (AvgIpc) is 2.70. The molecule has 2 rings (SSSR count). The van der Waals surface area contributed by atoms with E-state index in [1.54, 1.807) is 6.07 Å². The van der Waals surface area contributed by atoms with Gasteiger partial charge in [-0.2, -0.15) is 0 Å². The lowest BCUT2D eigenvalue weighted by molar-refractivity contribution is 0.0896. The fraction of sp³-hybridized carbons (Fsp3) is 0.444. The number of nitrogens with two attached hydrogens (primary N) is 1. The Kier molecular flexibility index (Phi) is 2.01. The lowest BCUT2D eigenvalue weighted by Gasteiger charge is -2.13. The van der Waals surface area contributed by atoms with E-state index in [1.165, 1.54) is 12.3 Å². The SMILES string of the molecule is NCC1(c2ccnc(Cl)c2)CC1(F)F. The van der Waals surface area contributed by atoms with Gasteiger partial charge in [-0.05, 0) is 17.7 Å². The zero-order valence-electron chi connectivity index (χ0n) is 7.30. The van der Waals surface area contributed by atoms with Crippen LogP contribution in [-0.4, -0.2) is 17.5 Å². The zero-order chi connectivity index (χ0) is 10.4. The van der Waals surface area contributed by atoms with Gasteiger partial charge < -0.3 is 5.73 Å². The second-order valence-electron chi connectivity index (χ2n) is 3.53. The van der Waals surface area contributed by atoms with Gasteiger partial charge in [-0.25, -0.2) is 13.8 Å². The van der Waals surface area contributed by atoms with Crippen molar-refractivity contribution in [1.29, 1.82) is 0 Å². The minimum atomic E-state index is -2.70. The molecule has 0 saturated heterocycles. The van der Waals surface area contributed by atoms with Gasteiger partial charge in [0.05, 0.1) is 5.41 Å². The van der Waals surface area contributed by atoms with Gasteiger partial charge in [0.25, 0.3) is 5.92 Å². The van der Waals surface area contributed by atoms with Gasteiger partial charge in [-0.15, -0.1) is 0 Å². The lowest BCUT2D eigenvalue weighted by Crippen LogP contribution is -2.26. The number of nitrogens with zero attached hydrogens (tertiary/aromatic N) is 1. The fourth-order valence-corrected chi connectivity index (χ4v) is 1.86. The first-order valence-corrected chi connectivity index (χ1v) is 4.59. The Morgan fingerprint density at radius 3 is 2.64 bits per heavy atom. The van der Waals surface area contributed by atoms with Crippen LogP contribution in [0.25, 0.3) is 0 Å². The Hall–Kier alpha value is -0.740. The highest BCUT2D eigenvalue weighted by molar-refractivity contribution is 6.29. The van der Waals surface area contributed by atoms with E-state index in [4.69, 9.17) is 17.3 Å². The quantitative estimate of drug-likeness (QED) is 0.771. The molecule has 2 N–H and O–H groups in total. The van der Waals surface area contributed by atoms with E-state index in [1.807, 2.05) is 0 Å². The number of rotatable bonds is 2. The van der Waals surface area contributed by atoms with E-state index in [-0.39, 0.29) is 18.1 Å². The molecule has 1 saturated carbocycles. The molecule has 1 fully saturated rings. The predicted octanol–water partition coefficient (Wildman–Crippen LogP) is 1.97. The molecule has 2 nitrogen and oxygen atoms in total. The summed E-state index contributed by atoms with van der Waals surface area (Å²) in [6.07, 6.45) is 1.22. The number of hydrogen-bond donors (Lipinski definition) is 1. The molecule has 5 heteroatoms. The second kappa shape index (κ2) is 2.87. The first-order valence-electron chi connectivity index (χ1n) is 4.22. The summed E-state index contributed by atoms with van der Waals surface area (Å²) in [6.45, 7) is -0.0691.